The Kier molecular flexibility index (Phi) is 4.77. The van der Waals surface area contributed by atoms with Gasteiger partial charge in [-0.1, -0.05) is 12.1 Å². The predicted octanol–water partition coefficient (Wildman–Crippen LogP) is 1.19. The Morgan fingerprint density at radius 2 is 2.05 bits per heavy atom. The van der Waals surface area contributed by atoms with E-state index in [2.05, 4.69) is 10.6 Å². The number of para-hydroxylation sites is 2. The number of methoxy groups -OCH3 is 1. The van der Waals surface area contributed by atoms with Gasteiger partial charge in [-0.25, -0.2) is 8.42 Å². The van der Waals surface area contributed by atoms with Gasteiger partial charge in [0.2, 0.25) is 5.91 Å². The van der Waals surface area contributed by atoms with Gasteiger partial charge in [0.05, 0.1) is 30.3 Å². The monoisotopic (exact) mass is 326 g/mol. The molecule has 0 aromatic heterocycles. The second kappa shape index (κ2) is 6.26. The molecule has 0 aliphatic carbocycles. The van der Waals surface area contributed by atoms with E-state index in [1.165, 1.54) is 7.11 Å². The first-order chi connectivity index (χ1) is 10.2. The molecule has 0 unspecified atom stereocenters. The molecule has 1 aliphatic heterocycles. The van der Waals surface area contributed by atoms with Crippen LogP contribution in [0, 0.1) is 0 Å². The van der Waals surface area contributed by atoms with Crippen molar-refractivity contribution >= 4 is 21.4 Å². The van der Waals surface area contributed by atoms with Crippen molar-refractivity contribution in [2.45, 2.75) is 31.8 Å². The topological polar surface area (TPSA) is 84.5 Å². The Morgan fingerprint density at radius 3 is 2.64 bits per heavy atom. The zero-order valence-electron chi connectivity index (χ0n) is 13.0. The highest BCUT2D eigenvalue weighted by Crippen LogP contribution is 2.25. The summed E-state index contributed by atoms with van der Waals surface area (Å²) in [7, 11) is -1.47. The Hall–Kier alpha value is -1.60. The smallest absolute Gasteiger partial charge is 0.241 e. The van der Waals surface area contributed by atoms with E-state index in [1.54, 1.807) is 25.1 Å². The van der Waals surface area contributed by atoms with Crippen molar-refractivity contribution in [3.63, 3.8) is 0 Å². The van der Waals surface area contributed by atoms with E-state index >= 15 is 0 Å². The van der Waals surface area contributed by atoms with Gasteiger partial charge in [0, 0.05) is 5.54 Å². The number of carbonyl (C=O) groups excluding carboxylic acids is 1. The third-order valence-corrected chi connectivity index (χ3v) is 5.73. The lowest BCUT2D eigenvalue weighted by atomic mass is 10.0. The van der Waals surface area contributed by atoms with E-state index in [9.17, 15) is 13.2 Å². The molecular weight excluding hydrogens is 304 g/mol. The highest BCUT2D eigenvalue weighted by molar-refractivity contribution is 7.91. The molecule has 122 valence electrons. The fraction of sp³-hybridized carbons (Fsp3) is 0.533. The summed E-state index contributed by atoms with van der Waals surface area (Å²) in [6.07, 6.45) is 0.515. The number of amides is 1. The van der Waals surface area contributed by atoms with Crippen molar-refractivity contribution in [3.05, 3.63) is 24.3 Å². The van der Waals surface area contributed by atoms with Crippen molar-refractivity contribution in [1.29, 1.82) is 0 Å². The molecule has 2 atom stereocenters. The highest BCUT2D eigenvalue weighted by Gasteiger charge is 2.39. The van der Waals surface area contributed by atoms with Crippen LogP contribution in [0.5, 0.6) is 5.75 Å². The van der Waals surface area contributed by atoms with Crippen LogP contribution in [0.3, 0.4) is 0 Å². The molecule has 0 radical (unpaired) electrons. The molecular formula is C15H22N2O4S. The van der Waals surface area contributed by atoms with E-state index in [-0.39, 0.29) is 17.4 Å². The summed E-state index contributed by atoms with van der Waals surface area (Å²) in [5.41, 5.74) is 0.0314. The van der Waals surface area contributed by atoms with E-state index in [0.29, 0.717) is 17.9 Å². The van der Waals surface area contributed by atoms with E-state index in [0.717, 1.165) is 0 Å². The maximum atomic E-state index is 12.3. The summed E-state index contributed by atoms with van der Waals surface area (Å²) in [5, 5.41) is 5.93. The predicted molar refractivity (Wildman–Crippen MR) is 85.9 cm³/mol. The van der Waals surface area contributed by atoms with Crippen molar-refractivity contribution in [3.8, 4) is 5.75 Å². The van der Waals surface area contributed by atoms with Gasteiger partial charge >= 0.3 is 0 Å². The van der Waals surface area contributed by atoms with Gasteiger partial charge in [-0.2, -0.15) is 0 Å². The number of sulfone groups is 1. The lowest BCUT2D eigenvalue weighted by molar-refractivity contribution is -0.118. The maximum absolute atomic E-state index is 12.3. The average Bonchev–Trinajstić information content (AvgIpc) is 2.72. The van der Waals surface area contributed by atoms with Crippen LogP contribution in [0.15, 0.2) is 24.3 Å². The number of nitrogens with one attached hydrogen (secondary N) is 2. The van der Waals surface area contributed by atoms with Crippen LogP contribution in [-0.4, -0.2) is 44.5 Å². The number of anilines is 1. The summed E-state index contributed by atoms with van der Waals surface area (Å²) in [5.74, 6) is 0.580. The van der Waals surface area contributed by atoms with Gasteiger partial charge in [0.1, 0.15) is 5.75 Å². The minimum atomic E-state index is -3.01. The van der Waals surface area contributed by atoms with E-state index < -0.39 is 21.4 Å². The third kappa shape index (κ3) is 3.98. The molecule has 0 bridgehead atoms. The molecule has 22 heavy (non-hydrogen) atoms. The summed E-state index contributed by atoms with van der Waals surface area (Å²) in [6.45, 7) is 3.56. The summed E-state index contributed by atoms with van der Waals surface area (Å²) >= 11 is 0. The van der Waals surface area contributed by atoms with Gasteiger partial charge in [-0.05, 0) is 32.4 Å². The fourth-order valence-electron chi connectivity index (χ4n) is 2.70. The first-order valence-corrected chi connectivity index (χ1v) is 8.99. The van der Waals surface area contributed by atoms with Gasteiger partial charge in [0.25, 0.3) is 0 Å². The molecule has 1 amide bonds. The van der Waals surface area contributed by atoms with Crippen LogP contribution in [0.4, 0.5) is 5.69 Å². The Labute approximate surface area is 131 Å². The Balaban J connectivity index is 2.01. The van der Waals surface area contributed by atoms with E-state index in [1.807, 2.05) is 13.0 Å². The SMILES string of the molecule is COc1ccccc1NC(=O)[C@H](C)N[C@@]1(C)CCS(=O)(=O)C1. The van der Waals surface area contributed by atoms with Gasteiger partial charge in [-0.3, -0.25) is 10.1 Å². The van der Waals surface area contributed by atoms with Crippen molar-refractivity contribution < 1.29 is 17.9 Å². The lowest BCUT2D eigenvalue weighted by Crippen LogP contribution is -2.52. The first kappa shape index (κ1) is 16.8. The lowest BCUT2D eigenvalue weighted by Gasteiger charge is -2.28. The first-order valence-electron chi connectivity index (χ1n) is 7.17. The zero-order chi connectivity index (χ0) is 16.4. The second-order valence-electron chi connectivity index (χ2n) is 5.96. The fourth-order valence-corrected chi connectivity index (χ4v) is 4.81. The van der Waals surface area contributed by atoms with Crippen LogP contribution in [0.1, 0.15) is 20.3 Å². The number of rotatable bonds is 5. The van der Waals surface area contributed by atoms with Crippen LogP contribution in [0.2, 0.25) is 0 Å². The molecule has 1 aliphatic rings. The van der Waals surface area contributed by atoms with Gasteiger partial charge < -0.3 is 10.1 Å². The molecule has 0 spiro atoms. The van der Waals surface area contributed by atoms with Crippen LogP contribution in [0.25, 0.3) is 0 Å². The highest BCUT2D eigenvalue weighted by atomic mass is 32.2. The number of carbonyl (C=O) groups is 1. The number of hydrogen-bond acceptors (Lipinski definition) is 5. The molecule has 0 saturated carbocycles. The summed E-state index contributed by atoms with van der Waals surface area (Å²) in [6, 6.07) is 6.63. The molecule has 1 aromatic rings. The van der Waals surface area contributed by atoms with Crippen LogP contribution >= 0.6 is 0 Å². The molecule has 6 nitrogen and oxygen atoms in total. The number of ether oxygens (including phenoxy) is 1. The van der Waals surface area contributed by atoms with Crippen LogP contribution < -0.4 is 15.4 Å². The molecule has 2 N–H and O–H groups in total. The van der Waals surface area contributed by atoms with E-state index in [4.69, 9.17) is 4.74 Å². The second-order valence-corrected chi connectivity index (χ2v) is 8.14. The van der Waals surface area contributed by atoms with Crippen LogP contribution in [-0.2, 0) is 14.6 Å². The molecule has 1 fully saturated rings. The molecule has 1 heterocycles. The van der Waals surface area contributed by atoms with Crippen molar-refractivity contribution in [2.75, 3.05) is 23.9 Å². The van der Waals surface area contributed by atoms with Gasteiger partial charge in [0.15, 0.2) is 9.84 Å². The summed E-state index contributed by atoms with van der Waals surface area (Å²) < 4.78 is 28.4. The Morgan fingerprint density at radius 1 is 1.36 bits per heavy atom. The molecule has 1 aromatic carbocycles. The Bertz CT molecular complexity index is 659. The average molecular weight is 326 g/mol. The quantitative estimate of drug-likeness (QED) is 0.849. The minimum absolute atomic E-state index is 0.0618. The van der Waals surface area contributed by atoms with Crippen molar-refractivity contribution in [1.82, 2.24) is 5.32 Å². The normalized spacial score (nSPS) is 24.7. The number of hydrogen-bond donors (Lipinski definition) is 2. The van der Waals surface area contributed by atoms with Crippen molar-refractivity contribution in [2.24, 2.45) is 0 Å². The number of benzene rings is 1. The minimum Gasteiger partial charge on any atom is -0.495 e. The maximum Gasteiger partial charge on any atom is 0.241 e. The molecule has 1 saturated heterocycles. The zero-order valence-corrected chi connectivity index (χ0v) is 13.9. The molecule has 7 heteroatoms. The van der Waals surface area contributed by atoms with Gasteiger partial charge in [-0.15, -0.1) is 0 Å². The summed E-state index contributed by atoms with van der Waals surface area (Å²) in [4.78, 5) is 12.3. The third-order valence-electron chi connectivity index (χ3n) is 3.83. The largest absolute Gasteiger partial charge is 0.495 e. The standard InChI is InChI=1S/C15H22N2O4S/c1-11(17-15(2)8-9-22(19,20)10-15)14(18)16-12-6-4-5-7-13(12)21-3/h4-7,11,17H,8-10H2,1-3H3,(H,16,18)/t11-,15-/m0/s1. The molecule has 2 rings (SSSR count).